The first kappa shape index (κ1) is 17.4. The predicted octanol–water partition coefficient (Wildman–Crippen LogP) is 3.61. The molecule has 4 heteroatoms. The number of hydrogen-bond acceptors (Lipinski definition) is 2. The Balaban J connectivity index is 0.000000316. The van der Waals surface area contributed by atoms with E-state index in [0.717, 1.165) is 11.4 Å². The van der Waals surface area contributed by atoms with Gasteiger partial charge in [-0.25, -0.2) is 0 Å². The minimum Gasteiger partial charge on any atom is -0.276 e. The zero-order valence-corrected chi connectivity index (χ0v) is 13.6. The molecule has 2 aromatic rings. The second-order valence-corrected chi connectivity index (χ2v) is 4.63. The summed E-state index contributed by atoms with van der Waals surface area (Å²) in [6.45, 7) is 12.4. The van der Waals surface area contributed by atoms with Crippen molar-refractivity contribution >= 4 is 0 Å². The average Bonchev–Trinajstić information content (AvgIpc) is 2.88. The second-order valence-electron chi connectivity index (χ2n) is 4.63. The lowest BCUT2D eigenvalue weighted by molar-refractivity contribution is 0.756. The van der Waals surface area contributed by atoms with Gasteiger partial charge in [0.05, 0.1) is 11.4 Å². The zero-order valence-electron chi connectivity index (χ0n) is 13.6. The van der Waals surface area contributed by atoms with E-state index in [1.807, 2.05) is 51.8 Å². The first-order valence-electron chi connectivity index (χ1n) is 6.86. The van der Waals surface area contributed by atoms with Crippen molar-refractivity contribution in [3.8, 4) is 0 Å². The van der Waals surface area contributed by atoms with Crippen LogP contribution in [0.3, 0.4) is 0 Å². The van der Waals surface area contributed by atoms with E-state index in [1.54, 1.807) is 4.68 Å². The van der Waals surface area contributed by atoms with Crippen LogP contribution in [0.2, 0.25) is 0 Å². The Kier molecular flexibility index (Phi) is 7.80. The Labute approximate surface area is 117 Å². The van der Waals surface area contributed by atoms with Crippen molar-refractivity contribution < 1.29 is 0 Å². The molecule has 2 aromatic heterocycles. The zero-order chi connectivity index (χ0) is 15.0. The lowest BCUT2D eigenvalue weighted by Gasteiger charge is -1.99. The number of rotatable bonds is 1. The van der Waals surface area contributed by atoms with Crippen molar-refractivity contribution in [2.75, 3.05) is 0 Å². The summed E-state index contributed by atoms with van der Waals surface area (Å²) in [5, 5.41) is 8.28. The van der Waals surface area contributed by atoms with Crippen LogP contribution in [0, 0.1) is 13.8 Å². The fourth-order valence-corrected chi connectivity index (χ4v) is 1.72. The van der Waals surface area contributed by atoms with Gasteiger partial charge < -0.3 is 0 Å². The molecular formula is C15H28N4. The molecule has 2 heterocycles. The van der Waals surface area contributed by atoms with Crippen molar-refractivity contribution in [3.63, 3.8) is 0 Å². The number of nitrogens with zero attached hydrogens (tertiary/aromatic N) is 4. The highest BCUT2D eigenvalue weighted by atomic mass is 15.3. The lowest BCUT2D eigenvalue weighted by Crippen LogP contribution is -1.86. The number of aryl methyl sites for hydroxylation is 4. The third-order valence-corrected chi connectivity index (χ3v) is 2.52. The first-order chi connectivity index (χ1) is 8.90. The molecule has 0 spiro atoms. The molecule has 0 N–H and O–H groups in total. The van der Waals surface area contributed by atoms with Crippen molar-refractivity contribution in [2.45, 2.75) is 47.5 Å². The van der Waals surface area contributed by atoms with E-state index in [0.29, 0.717) is 5.92 Å². The lowest BCUT2D eigenvalue weighted by atomic mass is 10.1. The van der Waals surface area contributed by atoms with E-state index in [-0.39, 0.29) is 0 Å². The van der Waals surface area contributed by atoms with E-state index < -0.39 is 0 Å². The molecular weight excluding hydrogens is 236 g/mol. The van der Waals surface area contributed by atoms with Gasteiger partial charge in [-0.2, -0.15) is 10.2 Å². The van der Waals surface area contributed by atoms with Crippen LogP contribution in [-0.2, 0) is 14.1 Å². The standard InChI is InChI=1S/C8H14N2.C5H8N2.C2H6/c1-6(2)8-5-10(4)9-7(8)3;1-5-3-4-7(2)6-5;1-2/h5-6H,1-4H3;3-4H,1-2H3;1-2H3. The molecule has 0 aliphatic heterocycles. The minimum atomic E-state index is 0.591. The van der Waals surface area contributed by atoms with Crippen LogP contribution < -0.4 is 0 Å². The monoisotopic (exact) mass is 264 g/mol. The van der Waals surface area contributed by atoms with Gasteiger partial charge in [0.25, 0.3) is 0 Å². The summed E-state index contributed by atoms with van der Waals surface area (Å²) in [5.74, 6) is 0.591. The molecule has 0 saturated heterocycles. The van der Waals surface area contributed by atoms with Crippen LogP contribution in [-0.4, -0.2) is 19.6 Å². The summed E-state index contributed by atoms with van der Waals surface area (Å²) < 4.78 is 3.65. The summed E-state index contributed by atoms with van der Waals surface area (Å²) in [6.07, 6.45) is 4.01. The highest BCUT2D eigenvalue weighted by Crippen LogP contribution is 2.16. The predicted molar refractivity (Wildman–Crippen MR) is 81.3 cm³/mol. The number of aromatic nitrogens is 4. The van der Waals surface area contributed by atoms with Crippen molar-refractivity contribution in [3.05, 3.63) is 35.4 Å². The smallest absolute Gasteiger partial charge is 0.0628 e. The summed E-state index contributed by atoms with van der Waals surface area (Å²) in [6, 6.07) is 1.97. The molecule has 0 aliphatic carbocycles. The van der Waals surface area contributed by atoms with Crippen molar-refractivity contribution in [1.29, 1.82) is 0 Å². The molecule has 19 heavy (non-hydrogen) atoms. The molecule has 0 amide bonds. The highest BCUT2D eigenvalue weighted by molar-refractivity contribution is 5.18. The van der Waals surface area contributed by atoms with Crippen molar-refractivity contribution in [1.82, 2.24) is 19.6 Å². The minimum absolute atomic E-state index is 0.591. The van der Waals surface area contributed by atoms with Crippen LogP contribution in [0.1, 0.15) is 50.6 Å². The van der Waals surface area contributed by atoms with Gasteiger partial charge in [-0.15, -0.1) is 0 Å². The van der Waals surface area contributed by atoms with E-state index in [4.69, 9.17) is 0 Å². The highest BCUT2D eigenvalue weighted by Gasteiger charge is 2.05. The molecule has 0 fully saturated rings. The first-order valence-corrected chi connectivity index (χ1v) is 6.86. The summed E-state index contributed by atoms with van der Waals surface area (Å²) in [5.41, 5.74) is 3.57. The Morgan fingerprint density at radius 2 is 1.58 bits per heavy atom. The SMILES string of the molecule is CC.Cc1ccn(C)n1.Cc1nn(C)cc1C(C)C. The van der Waals surface area contributed by atoms with Crippen LogP contribution in [0.15, 0.2) is 18.5 Å². The summed E-state index contributed by atoms with van der Waals surface area (Å²) in [7, 11) is 3.87. The van der Waals surface area contributed by atoms with Gasteiger partial charge in [0.1, 0.15) is 0 Å². The van der Waals surface area contributed by atoms with Gasteiger partial charge in [0.2, 0.25) is 0 Å². The Morgan fingerprint density at radius 3 is 1.74 bits per heavy atom. The molecule has 108 valence electrons. The molecule has 4 nitrogen and oxygen atoms in total. The molecule has 0 radical (unpaired) electrons. The summed E-state index contributed by atoms with van der Waals surface area (Å²) >= 11 is 0. The molecule has 2 rings (SSSR count). The van der Waals surface area contributed by atoms with Crippen molar-refractivity contribution in [2.24, 2.45) is 14.1 Å². The quantitative estimate of drug-likeness (QED) is 0.789. The van der Waals surface area contributed by atoms with Gasteiger partial charge in [-0.3, -0.25) is 9.36 Å². The molecule has 0 aliphatic rings. The maximum absolute atomic E-state index is 4.25. The van der Waals surface area contributed by atoms with Crippen LogP contribution in [0.4, 0.5) is 0 Å². The molecule has 0 bridgehead atoms. The van der Waals surface area contributed by atoms with Gasteiger partial charge >= 0.3 is 0 Å². The van der Waals surface area contributed by atoms with E-state index in [9.17, 15) is 0 Å². The number of hydrogen-bond donors (Lipinski definition) is 0. The van der Waals surface area contributed by atoms with Crippen LogP contribution >= 0.6 is 0 Å². The summed E-state index contributed by atoms with van der Waals surface area (Å²) in [4.78, 5) is 0. The van der Waals surface area contributed by atoms with Gasteiger partial charge in [-0.1, -0.05) is 27.7 Å². The third kappa shape index (κ3) is 6.22. The fourth-order valence-electron chi connectivity index (χ4n) is 1.72. The second kappa shape index (κ2) is 8.51. The van der Waals surface area contributed by atoms with Gasteiger partial charge in [-0.05, 0) is 31.4 Å². The van der Waals surface area contributed by atoms with Crippen LogP contribution in [0.25, 0.3) is 0 Å². The average molecular weight is 264 g/mol. The molecule has 0 aromatic carbocycles. The Hall–Kier alpha value is -1.58. The largest absolute Gasteiger partial charge is 0.276 e. The van der Waals surface area contributed by atoms with Gasteiger partial charge in [0.15, 0.2) is 0 Å². The maximum Gasteiger partial charge on any atom is 0.0628 e. The molecule has 0 atom stereocenters. The fraction of sp³-hybridized carbons (Fsp3) is 0.600. The van der Waals surface area contributed by atoms with E-state index in [1.165, 1.54) is 5.56 Å². The van der Waals surface area contributed by atoms with Gasteiger partial charge in [0, 0.05) is 26.5 Å². The normalized spacial score (nSPS) is 9.53. The third-order valence-electron chi connectivity index (χ3n) is 2.52. The Morgan fingerprint density at radius 1 is 1.00 bits per heavy atom. The topological polar surface area (TPSA) is 35.6 Å². The van der Waals surface area contributed by atoms with E-state index in [2.05, 4.69) is 37.2 Å². The van der Waals surface area contributed by atoms with Crippen LogP contribution in [0.5, 0.6) is 0 Å². The molecule has 0 unspecified atom stereocenters. The Bertz CT molecular complexity index is 450. The molecule has 0 saturated carbocycles. The van der Waals surface area contributed by atoms with E-state index >= 15 is 0 Å². The maximum atomic E-state index is 4.25.